The predicted molar refractivity (Wildman–Crippen MR) is 157 cm³/mol. The standard InChI is InChI=1S/C29H33Cl2N3O4S/c1-4-5-17-32-29(36)22(3)33(19-23-12-10-9-11-21(23)2)28(35)20-34(27-16-15-24(30)18-26(27)31)39(37,38)25-13-7-6-8-14-25/h6-16,18,22H,4-5,17,19-20H2,1-3H3,(H,32,36). The van der Waals surface area contributed by atoms with E-state index in [1.807, 2.05) is 38.1 Å². The van der Waals surface area contributed by atoms with E-state index >= 15 is 0 Å². The Balaban J connectivity index is 2.03. The van der Waals surface area contributed by atoms with Gasteiger partial charge in [-0.1, -0.05) is 79.0 Å². The van der Waals surface area contributed by atoms with E-state index in [1.165, 1.54) is 35.2 Å². The first-order valence-corrected chi connectivity index (χ1v) is 14.9. The lowest BCUT2D eigenvalue weighted by Crippen LogP contribution is -2.51. The Labute approximate surface area is 240 Å². The number of hydrogen-bond donors (Lipinski definition) is 1. The Morgan fingerprint density at radius 2 is 1.64 bits per heavy atom. The van der Waals surface area contributed by atoms with Crippen LogP contribution in [-0.4, -0.2) is 44.3 Å². The van der Waals surface area contributed by atoms with Crippen LogP contribution in [0, 0.1) is 6.92 Å². The second-order valence-electron chi connectivity index (χ2n) is 9.19. The molecule has 0 saturated carbocycles. The number of nitrogens with one attached hydrogen (secondary N) is 1. The molecule has 1 atom stereocenters. The van der Waals surface area contributed by atoms with Crippen molar-refractivity contribution < 1.29 is 18.0 Å². The van der Waals surface area contributed by atoms with Gasteiger partial charge < -0.3 is 10.2 Å². The number of amides is 2. The second kappa shape index (κ2) is 13.8. The van der Waals surface area contributed by atoms with Gasteiger partial charge in [-0.25, -0.2) is 8.42 Å². The lowest BCUT2D eigenvalue weighted by atomic mass is 10.1. The van der Waals surface area contributed by atoms with Gasteiger partial charge in [0.2, 0.25) is 11.8 Å². The topological polar surface area (TPSA) is 86.8 Å². The van der Waals surface area contributed by atoms with Crippen molar-refractivity contribution in [3.63, 3.8) is 0 Å². The summed E-state index contributed by atoms with van der Waals surface area (Å²) in [6.45, 7) is 5.62. The van der Waals surface area contributed by atoms with Crippen molar-refractivity contribution in [3.8, 4) is 0 Å². The minimum absolute atomic E-state index is 0.000345. The quantitative estimate of drug-likeness (QED) is 0.269. The van der Waals surface area contributed by atoms with Crippen LogP contribution in [0.15, 0.2) is 77.7 Å². The highest BCUT2D eigenvalue weighted by atomic mass is 35.5. The molecule has 10 heteroatoms. The third-order valence-electron chi connectivity index (χ3n) is 6.39. The summed E-state index contributed by atoms with van der Waals surface area (Å²) < 4.78 is 28.6. The number of carbonyl (C=O) groups excluding carboxylic acids is 2. The number of nitrogens with zero attached hydrogens (tertiary/aromatic N) is 2. The molecular weight excluding hydrogens is 557 g/mol. The Hall–Kier alpha value is -3.07. The van der Waals surface area contributed by atoms with Crippen LogP contribution in [-0.2, 0) is 26.2 Å². The number of sulfonamides is 1. The van der Waals surface area contributed by atoms with Crippen molar-refractivity contribution in [3.05, 3.63) is 94.0 Å². The van der Waals surface area contributed by atoms with Gasteiger partial charge in [-0.05, 0) is 61.7 Å². The van der Waals surface area contributed by atoms with Crippen molar-refractivity contribution >= 4 is 50.7 Å². The van der Waals surface area contributed by atoms with Gasteiger partial charge in [0.05, 0.1) is 15.6 Å². The van der Waals surface area contributed by atoms with Crippen LogP contribution < -0.4 is 9.62 Å². The number of halogens is 2. The molecule has 0 aliphatic heterocycles. The third-order valence-corrected chi connectivity index (χ3v) is 8.70. The first-order chi connectivity index (χ1) is 18.6. The molecule has 3 rings (SSSR count). The molecule has 39 heavy (non-hydrogen) atoms. The average Bonchev–Trinajstić information content (AvgIpc) is 2.91. The molecule has 0 heterocycles. The van der Waals surface area contributed by atoms with E-state index in [0.29, 0.717) is 11.6 Å². The molecule has 1 unspecified atom stereocenters. The summed E-state index contributed by atoms with van der Waals surface area (Å²) in [7, 11) is -4.20. The molecule has 0 radical (unpaired) electrons. The first-order valence-electron chi connectivity index (χ1n) is 12.7. The highest BCUT2D eigenvalue weighted by Gasteiger charge is 2.33. The third kappa shape index (κ3) is 7.75. The smallest absolute Gasteiger partial charge is 0.264 e. The fourth-order valence-corrected chi connectivity index (χ4v) is 6.02. The maximum Gasteiger partial charge on any atom is 0.264 e. The highest BCUT2D eigenvalue weighted by molar-refractivity contribution is 7.92. The monoisotopic (exact) mass is 589 g/mol. The van der Waals surface area contributed by atoms with Crippen molar-refractivity contribution in [1.29, 1.82) is 0 Å². The van der Waals surface area contributed by atoms with Crippen LogP contribution in [0.4, 0.5) is 5.69 Å². The number of anilines is 1. The second-order valence-corrected chi connectivity index (χ2v) is 11.9. The zero-order valence-electron chi connectivity index (χ0n) is 22.2. The van der Waals surface area contributed by atoms with E-state index in [9.17, 15) is 18.0 Å². The number of benzene rings is 3. The normalized spacial score (nSPS) is 12.0. The zero-order valence-corrected chi connectivity index (χ0v) is 24.6. The average molecular weight is 591 g/mol. The van der Waals surface area contributed by atoms with Crippen molar-refractivity contribution in [2.24, 2.45) is 0 Å². The Morgan fingerprint density at radius 3 is 2.28 bits per heavy atom. The highest BCUT2D eigenvalue weighted by Crippen LogP contribution is 2.33. The van der Waals surface area contributed by atoms with Crippen molar-refractivity contribution in [2.75, 3.05) is 17.4 Å². The van der Waals surface area contributed by atoms with E-state index in [-0.39, 0.29) is 28.1 Å². The van der Waals surface area contributed by atoms with Crippen molar-refractivity contribution in [1.82, 2.24) is 10.2 Å². The van der Waals surface area contributed by atoms with Gasteiger partial charge in [0.1, 0.15) is 12.6 Å². The summed E-state index contributed by atoms with van der Waals surface area (Å²) in [5, 5.41) is 3.27. The van der Waals surface area contributed by atoms with Crippen LogP contribution in [0.5, 0.6) is 0 Å². The maximum absolute atomic E-state index is 13.9. The number of hydrogen-bond acceptors (Lipinski definition) is 4. The van der Waals surface area contributed by atoms with Gasteiger partial charge in [-0.3, -0.25) is 13.9 Å². The summed E-state index contributed by atoms with van der Waals surface area (Å²) in [5.74, 6) is -0.866. The van der Waals surface area contributed by atoms with Crippen LogP contribution in [0.25, 0.3) is 0 Å². The minimum atomic E-state index is -4.20. The lowest BCUT2D eigenvalue weighted by molar-refractivity contribution is -0.139. The van der Waals surface area contributed by atoms with Gasteiger partial charge in [0.25, 0.3) is 10.0 Å². The van der Waals surface area contributed by atoms with E-state index < -0.39 is 28.5 Å². The number of rotatable bonds is 12. The molecular formula is C29H33Cl2N3O4S. The summed E-state index contributed by atoms with van der Waals surface area (Å²) in [4.78, 5) is 28.4. The maximum atomic E-state index is 13.9. The van der Waals surface area contributed by atoms with Gasteiger partial charge in [0, 0.05) is 18.1 Å². The van der Waals surface area contributed by atoms with Crippen LogP contribution in [0.3, 0.4) is 0 Å². The summed E-state index contributed by atoms with van der Waals surface area (Å²) in [6.07, 6.45) is 1.72. The molecule has 3 aromatic carbocycles. The van der Waals surface area contributed by atoms with E-state index in [0.717, 1.165) is 28.3 Å². The largest absolute Gasteiger partial charge is 0.354 e. The van der Waals surface area contributed by atoms with Crippen LogP contribution in [0.1, 0.15) is 37.8 Å². The molecule has 0 fully saturated rings. The van der Waals surface area contributed by atoms with Gasteiger partial charge >= 0.3 is 0 Å². The van der Waals surface area contributed by atoms with E-state index in [2.05, 4.69) is 5.32 Å². The summed E-state index contributed by atoms with van der Waals surface area (Å²) in [5.41, 5.74) is 1.90. The van der Waals surface area contributed by atoms with Crippen LogP contribution in [0.2, 0.25) is 10.0 Å². The number of aryl methyl sites for hydroxylation is 1. The summed E-state index contributed by atoms with van der Waals surface area (Å²) in [6, 6.07) is 18.9. The molecule has 0 aliphatic carbocycles. The van der Waals surface area contributed by atoms with Crippen molar-refractivity contribution in [2.45, 2.75) is 51.1 Å². The molecule has 0 aromatic heterocycles. The first kappa shape index (κ1) is 30.5. The molecule has 0 aliphatic rings. The molecule has 0 saturated heterocycles. The van der Waals surface area contributed by atoms with E-state index in [1.54, 1.807) is 25.1 Å². The van der Waals surface area contributed by atoms with Gasteiger partial charge in [0.15, 0.2) is 0 Å². The fourth-order valence-electron chi connectivity index (χ4n) is 4.01. The zero-order chi connectivity index (χ0) is 28.6. The van der Waals surface area contributed by atoms with Gasteiger partial charge in [-0.2, -0.15) is 0 Å². The molecule has 208 valence electrons. The SMILES string of the molecule is CCCCNC(=O)C(C)N(Cc1ccccc1C)C(=O)CN(c1ccc(Cl)cc1Cl)S(=O)(=O)c1ccccc1. The number of unbranched alkanes of at least 4 members (excludes halogenated alkanes) is 1. The molecule has 0 spiro atoms. The number of carbonyl (C=O) groups is 2. The van der Waals surface area contributed by atoms with E-state index in [4.69, 9.17) is 23.2 Å². The Kier molecular flexibility index (Phi) is 10.8. The lowest BCUT2D eigenvalue weighted by Gasteiger charge is -2.32. The predicted octanol–water partition coefficient (Wildman–Crippen LogP) is 5.83. The molecule has 0 bridgehead atoms. The Bertz CT molecular complexity index is 1400. The molecule has 1 N–H and O–H groups in total. The minimum Gasteiger partial charge on any atom is -0.354 e. The molecule has 3 aromatic rings. The molecule has 2 amide bonds. The van der Waals surface area contributed by atoms with Gasteiger partial charge in [-0.15, -0.1) is 0 Å². The molecule has 7 nitrogen and oxygen atoms in total. The Morgan fingerprint density at radius 1 is 0.974 bits per heavy atom. The van der Waals surface area contributed by atoms with Crippen LogP contribution >= 0.6 is 23.2 Å². The fraction of sp³-hybridized carbons (Fsp3) is 0.310. The summed E-state index contributed by atoms with van der Waals surface area (Å²) >= 11 is 12.5.